The van der Waals surface area contributed by atoms with Gasteiger partial charge in [-0.15, -0.1) is 0 Å². The Morgan fingerprint density at radius 3 is 2.52 bits per heavy atom. The van der Waals surface area contributed by atoms with E-state index in [2.05, 4.69) is 46.2 Å². The number of aromatic nitrogens is 2. The molecule has 0 spiro atoms. The molecule has 162 valence electrons. The van der Waals surface area contributed by atoms with Crippen LogP contribution in [0.2, 0.25) is 0 Å². The first-order valence-corrected chi connectivity index (χ1v) is 10.2. The van der Waals surface area contributed by atoms with E-state index in [1.165, 1.54) is 0 Å². The van der Waals surface area contributed by atoms with E-state index >= 15 is 0 Å². The second kappa shape index (κ2) is 10.7. The molecule has 2 aromatic carbocycles. The summed E-state index contributed by atoms with van der Waals surface area (Å²) in [6.45, 7) is 4.66. The molecule has 0 radical (unpaired) electrons. The third-order valence-electron chi connectivity index (χ3n) is 4.76. The first-order valence-electron chi connectivity index (χ1n) is 10.2. The molecular formula is C24H29N5O2. The Morgan fingerprint density at radius 1 is 1.00 bits per heavy atom. The van der Waals surface area contributed by atoms with Crippen LogP contribution in [0.25, 0.3) is 0 Å². The zero-order valence-electron chi connectivity index (χ0n) is 18.5. The van der Waals surface area contributed by atoms with Gasteiger partial charge in [0, 0.05) is 49.3 Å². The minimum absolute atomic E-state index is 0.163. The summed E-state index contributed by atoms with van der Waals surface area (Å²) in [5, 5.41) is 2.95. The van der Waals surface area contributed by atoms with Gasteiger partial charge in [0.1, 0.15) is 5.75 Å². The molecule has 1 aromatic heterocycles. The van der Waals surface area contributed by atoms with Gasteiger partial charge < -0.3 is 19.9 Å². The second-order valence-corrected chi connectivity index (χ2v) is 7.81. The molecule has 0 fully saturated rings. The zero-order chi connectivity index (χ0) is 22.2. The lowest BCUT2D eigenvalue weighted by Gasteiger charge is -2.19. The van der Waals surface area contributed by atoms with Crippen LogP contribution >= 0.6 is 0 Å². The molecule has 0 aliphatic rings. The average Bonchev–Trinajstić information content (AvgIpc) is 2.75. The monoisotopic (exact) mass is 419 g/mol. The van der Waals surface area contributed by atoms with Crippen molar-refractivity contribution in [2.45, 2.75) is 13.5 Å². The number of carbonyl (C=O) groups excluding carboxylic acids is 1. The molecule has 0 atom stereocenters. The van der Waals surface area contributed by atoms with Crippen LogP contribution in [0.3, 0.4) is 0 Å². The number of hydrogen-bond acceptors (Lipinski definition) is 6. The summed E-state index contributed by atoms with van der Waals surface area (Å²) in [6.07, 6.45) is 3.24. The van der Waals surface area contributed by atoms with Crippen LogP contribution in [-0.2, 0) is 6.54 Å². The van der Waals surface area contributed by atoms with Crippen molar-refractivity contribution in [2.75, 3.05) is 39.5 Å². The number of aryl methyl sites for hydroxylation is 1. The van der Waals surface area contributed by atoms with Crippen molar-refractivity contribution < 1.29 is 9.53 Å². The highest BCUT2D eigenvalue weighted by molar-refractivity contribution is 6.04. The number of anilines is 1. The van der Waals surface area contributed by atoms with E-state index in [0.29, 0.717) is 17.0 Å². The van der Waals surface area contributed by atoms with E-state index in [9.17, 15) is 4.79 Å². The number of ether oxygens (including phenoxy) is 1. The van der Waals surface area contributed by atoms with Gasteiger partial charge in [0.15, 0.2) is 0 Å². The van der Waals surface area contributed by atoms with Gasteiger partial charge in [-0.25, -0.2) is 9.97 Å². The molecule has 0 unspecified atom stereocenters. The predicted octanol–water partition coefficient (Wildman–Crippen LogP) is 3.82. The third-order valence-corrected chi connectivity index (χ3v) is 4.76. The van der Waals surface area contributed by atoms with Gasteiger partial charge in [-0.05, 0) is 63.5 Å². The van der Waals surface area contributed by atoms with Crippen LogP contribution in [0.5, 0.6) is 11.8 Å². The van der Waals surface area contributed by atoms with Crippen molar-refractivity contribution in [3.8, 4) is 11.8 Å². The molecule has 7 heteroatoms. The molecule has 0 aliphatic heterocycles. The summed E-state index contributed by atoms with van der Waals surface area (Å²) >= 11 is 0. The highest BCUT2D eigenvalue weighted by Crippen LogP contribution is 2.26. The summed E-state index contributed by atoms with van der Waals surface area (Å²) in [6, 6.07) is 15.2. The molecule has 3 aromatic rings. The van der Waals surface area contributed by atoms with E-state index in [1.54, 1.807) is 24.5 Å². The van der Waals surface area contributed by atoms with E-state index in [-0.39, 0.29) is 11.9 Å². The first-order chi connectivity index (χ1) is 14.9. The zero-order valence-corrected chi connectivity index (χ0v) is 18.5. The quantitative estimate of drug-likeness (QED) is 0.569. The topological polar surface area (TPSA) is 70.6 Å². The molecule has 1 amide bonds. The summed E-state index contributed by atoms with van der Waals surface area (Å²) in [5.41, 5.74) is 3.29. The molecule has 0 saturated carbocycles. The SMILES string of the molecule is Cc1ccc(NC(=O)c2cccc(CN(C)CCN(C)C)c2)cc1Oc1ncccn1. The summed E-state index contributed by atoms with van der Waals surface area (Å²) in [7, 11) is 6.21. The van der Waals surface area contributed by atoms with Gasteiger partial charge in [0.05, 0.1) is 0 Å². The lowest BCUT2D eigenvalue weighted by atomic mass is 10.1. The molecule has 3 rings (SSSR count). The highest BCUT2D eigenvalue weighted by atomic mass is 16.5. The number of hydrogen-bond donors (Lipinski definition) is 1. The number of amides is 1. The van der Waals surface area contributed by atoms with Gasteiger partial charge in [-0.1, -0.05) is 18.2 Å². The van der Waals surface area contributed by atoms with Crippen LogP contribution in [0.15, 0.2) is 60.9 Å². The Bertz CT molecular complexity index is 1010. The van der Waals surface area contributed by atoms with E-state index < -0.39 is 0 Å². The largest absolute Gasteiger partial charge is 0.424 e. The van der Waals surface area contributed by atoms with Crippen molar-refractivity contribution in [1.29, 1.82) is 0 Å². The number of likely N-dealkylation sites (N-methyl/N-ethyl adjacent to an activating group) is 2. The molecule has 1 N–H and O–H groups in total. The van der Waals surface area contributed by atoms with Crippen molar-refractivity contribution in [2.24, 2.45) is 0 Å². The molecule has 0 saturated heterocycles. The van der Waals surface area contributed by atoms with Crippen molar-refractivity contribution in [1.82, 2.24) is 19.8 Å². The highest BCUT2D eigenvalue weighted by Gasteiger charge is 2.11. The predicted molar refractivity (Wildman–Crippen MR) is 123 cm³/mol. The van der Waals surface area contributed by atoms with Crippen LogP contribution in [0.1, 0.15) is 21.5 Å². The summed E-state index contributed by atoms with van der Waals surface area (Å²) in [4.78, 5) is 25.4. The van der Waals surface area contributed by atoms with Gasteiger partial charge in [0.2, 0.25) is 0 Å². The van der Waals surface area contributed by atoms with Crippen molar-refractivity contribution in [3.05, 3.63) is 77.6 Å². The van der Waals surface area contributed by atoms with Crippen LogP contribution in [0, 0.1) is 6.92 Å². The summed E-state index contributed by atoms with van der Waals surface area (Å²) in [5.74, 6) is 0.434. The lowest BCUT2D eigenvalue weighted by molar-refractivity contribution is 0.102. The maximum Gasteiger partial charge on any atom is 0.321 e. The van der Waals surface area contributed by atoms with Crippen LogP contribution < -0.4 is 10.1 Å². The van der Waals surface area contributed by atoms with E-state index in [4.69, 9.17) is 4.74 Å². The third kappa shape index (κ3) is 6.87. The van der Waals surface area contributed by atoms with Crippen molar-refractivity contribution in [3.63, 3.8) is 0 Å². The number of nitrogens with one attached hydrogen (secondary N) is 1. The fraction of sp³-hybridized carbons (Fsp3) is 0.292. The molecule has 1 heterocycles. The Morgan fingerprint density at radius 2 is 1.77 bits per heavy atom. The Hall–Kier alpha value is -3.29. The smallest absolute Gasteiger partial charge is 0.321 e. The number of carbonyl (C=O) groups is 1. The van der Waals surface area contributed by atoms with Gasteiger partial charge in [0.25, 0.3) is 5.91 Å². The first kappa shape index (κ1) is 22.4. The number of nitrogens with zero attached hydrogens (tertiary/aromatic N) is 4. The Kier molecular flexibility index (Phi) is 7.70. The molecule has 31 heavy (non-hydrogen) atoms. The van der Waals surface area contributed by atoms with Gasteiger partial charge in [-0.3, -0.25) is 4.79 Å². The maximum absolute atomic E-state index is 12.8. The Labute approximate surface area is 183 Å². The average molecular weight is 420 g/mol. The number of rotatable bonds is 9. The normalized spacial score (nSPS) is 11.0. The van der Waals surface area contributed by atoms with E-state index in [0.717, 1.165) is 30.8 Å². The summed E-state index contributed by atoms with van der Waals surface area (Å²) < 4.78 is 5.76. The molecule has 7 nitrogen and oxygen atoms in total. The fourth-order valence-electron chi connectivity index (χ4n) is 3.00. The standard InChI is InChI=1S/C24H29N5O2/c1-18-9-10-21(16-22(18)31-24-25-11-6-12-26-24)27-23(30)20-8-5-7-19(15-20)17-29(4)14-13-28(2)3/h5-12,15-16H,13-14,17H2,1-4H3,(H,27,30). The van der Waals surface area contributed by atoms with Gasteiger partial charge in [-0.2, -0.15) is 0 Å². The van der Waals surface area contributed by atoms with E-state index in [1.807, 2.05) is 43.3 Å². The van der Waals surface area contributed by atoms with Crippen LogP contribution in [-0.4, -0.2) is 59.9 Å². The van der Waals surface area contributed by atoms with Crippen LogP contribution in [0.4, 0.5) is 5.69 Å². The maximum atomic E-state index is 12.8. The number of benzene rings is 2. The second-order valence-electron chi connectivity index (χ2n) is 7.81. The van der Waals surface area contributed by atoms with Crippen molar-refractivity contribution >= 4 is 11.6 Å². The molecular weight excluding hydrogens is 390 g/mol. The lowest BCUT2D eigenvalue weighted by Crippen LogP contribution is -2.28. The fourth-order valence-corrected chi connectivity index (χ4v) is 3.00. The Balaban J connectivity index is 1.67. The molecule has 0 bridgehead atoms. The molecule has 0 aliphatic carbocycles. The van der Waals surface area contributed by atoms with Gasteiger partial charge >= 0.3 is 6.01 Å². The minimum Gasteiger partial charge on any atom is -0.424 e. The minimum atomic E-state index is -0.163.